The largest absolute Gasteiger partial charge is 1.00 e. The zero-order valence-electron chi connectivity index (χ0n) is 45.1. The molecule has 420 valence electrons. The first-order valence-corrected chi connectivity index (χ1v) is 29.0. The molecule has 0 aliphatic heterocycles. The summed E-state index contributed by atoms with van der Waals surface area (Å²) in [6, 6.07) is 29.8. The van der Waals surface area contributed by atoms with Crippen LogP contribution in [-0.2, 0) is 19.3 Å². The third kappa shape index (κ3) is 19.8. The number of hydrogen-bond donors (Lipinski definition) is 4. The van der Waals surface area contributed by atoms with Crippen LogP contribution in [0.1, 0.15) is 78.1 Å². The van der Waals surface area contributed by atoms with E-state index >= 15 is 0 Å². The van der Waals surface area contributed by atoms with E-state index in [2.05, 4.69) is 83.2 Å². The number of carboxylic acid groups (broad SMARTS) is 1. The van der Waals surface area contributed by atoms with Crippen molar-refractivity contribution in [3.63, 3.8) is 0 Å². The summed E-state index contributed by atoms with van der Waals surface area (Å²) in [6.07, 6.45) is 7.12. The van der Waals surface area contributed by atoms with Crippen molar-refractivity contribution in [3.05, 3.63) is 177 Å². The molecule has 0 atom stereocenters. The molecule has 14 nitrogen and oxygen atoms in total. The molecule has 0 unspecified atom stereocenters. The van der Waals surface area contributed by atoms with E-state index < -0.39 is 11.8 Å². The summed E-state index contributed by atoms with van der Waals surface area (Å²) in [7, 11) is 0. The monoisotopic (exact) mass is 1290 g/mol. The molecule has 0 aliphatic carbocycles. The molecule has 82 heavy (non-hydrogen) atoms. The van der Waals surface area contributed by atoms with Gasteiger partial charge in [-0.1, -0.05) is 129 Å². The number of nitrogens with one attached hydrogen (secondary N) is 2. The molecule has 3 aromatic carbocycles. The van der Waals surface area contributed by atoms with Crippen LogP contribution in [0.2, 0.25) is 30.1 Å². The zero-order valence-corrected chi connectivity index (χ0v) is 54.1. The van der Waals surface area contributed by atoms with Crippen molar-refractivity contribution in [2.75, 3.05) is 16.4 Å². The van der Waals surface area contributed by atoms with Crippen LogP contribution >= 0.6 is 104 Å². The molecule has 6 N–H and O–H groups in total. The van der Waals surface area contributed by atoms with Gasteiger partial charge < -0.3 is 26.9 Å². The van der Waals surface area contributed by atoms with E-state index in [0.717, 1.165) is 62.8 Å². The number of benzene rings is 3. The molecule has 0 saturated heterocycles. The van der Waals surface area contributed by atoms with Gasteiger partial charge in [-0.05, 0) is 110 Å². The zero-order chi connectivity index (χ0) is 58.2. The Balaban J connectivity index is 0.000000246. The van der Waals surface area contributed by atoms with Crippen LogP contribution in [0, 0.1) is 46.2 Å². The number of pyridine rings is 3. The fourth-order valence-electron chi connectivity index (χ4n) is 7.28. The van der Waals surface area contributed by atoms with Gasteiger partial charge in [0.05, 0.1) is 58.6 Å². The minimum atomic E-state index is -1.10. The van der Waals surface area contributed by atoms with Crippen molar-refractivity contribution in [1.29, 1.82) is 10.5 Å². The van der Waals surface area contributed by atoms with Crippen LogP contribution in [0.5, 0.6) is 0 Å². The summed E-state index contributed by atoms with van der Waals surface area (Å²) in [5.74, 6) is -0.182. The minimum Gasteiger partial charge on any atom is -0.870 e. The van der Waals surface area contributed by atoms with E-state index in [1.54, 1.807) is 66.1 Å². The number of nitrogens with zero attached hydrogens (tertiary/aromatic N) is 8. The first-order valence-electron chi connectivity index (χ1n) is 24.3. The number of aromatic carboxylic acids is 1. The number of carbonyl (C=O) groups is 1. The molecule has 0 saturated carbocycles. The van der Waals surface area contributed by atoms with Crippen LogP contribution in [0.25, 0.3) is 33.8 Å². The molecule has 0 radical (unpaired) electrons. The standard InChI is InChI=1S/C19H16Cl2N4S.C19H17Cl2N3O2S.C13H14Cl2N2S.C6H3FN2.Na.H2O/c1-11(2)8-17-18(12-5-6-13(20)14(21)9-12)25-19(26-17)24-15-4-3-7-23-16(15)10-22;1-10(2)8-15-16(11-5-6-12(20)13(21)9-11)24-19(27-15)23-14-4-3-7-22-17(14)18(25)26;1-7(2)5-11-12(17-13(16)18-11)8-3-4-9(14)10(15)6-8;7-5-2-1-3-9-6(5)4-8;;/h3-7,9,11H,8H2,1-2H3,(H,24,25);3-7,9-10H,8H2,1-2H3,(H,23,24)(H,25,26);3-4,6-7H,5H2,1-2H3,(H2,16,17);1-3H;;1H2/q;;;;+1;/p-1. The fourth-order valence-corrected chi connectivity index (χ4v) is 11.7. The number of nitriles is 2. The normalized spacial score (nSPS) is 10.4. The Morgan fingerprint density at radius 2 is 0.951 bits per heavy atom. The van der Waals surface area contributed by atoms with Gasteiger partial charge in [0, 0.05) is 49.9 Å². The summed E-state index contributed by atoms with van der Waals surface area (Å²) >= 11 is 41.0. The maximum Gasteiger partial charge on any atom is 1.00 e. The minimum absolute atomic E-state index is 0. The third-order valence-electron chi connectivity index (χ3n) is 10.7. The Kier molecular flexibility index (Phi) is 27.8. The summed E-state index contributed by atoms with van der Waals surface area (Å²) in [5, 5.41) is 38.0. The molecule has 6 aromatic heterocycles. The Hall–Kier alpha value is -5.52. The summed E-state index contributed by atoms with van der Waals surface area (Å²) < 4.78 is 12.3. The molecule has 25 heteroatoms. The van der Waals surface area contributed by atoms with Crippen LogP contribution < -0.4 is 45.9 Å². The van der Waals surface area contributed by atoms with Gasteiger partial charge >= 0.3 is 35.5 Å². The number of nitrogen functional groups attached to an aromatic ring is 1. The summed E-state index contributed by atoms with van der Waals surface area (Å²) in [5.41, 5.74) is 12.4. The number of rotatable bonds is 14. The quantitative estimate of drug-likeness (QED) is 0.0741. The van der Waals surface area contributed by atoms with Gasteiger partial charge in [0.2, 0.25) is 0 Å². The molecule has 6 heterocycles. The van der Waals surface area contributed by atoms with E-state index in [1.807, 2.05) is 36.4 Å². The number of thiazole rings is 3. The van der Waals surface area contributed by atoms with Crippen LogP contribution in [0.15, 0.2) is 110 Å². The maximum atomic E-state index is 12.3. The van der Waals surface area contributed by atoms with Crippen molar-refractivity contribution in [2.24, 2.45) is 17.8 Å². The van der Waals surface area contributed by atoms with Gasteiger partial charge in [-0.3, -0.25) is 0 Å². The smallest absolute Gasteiger partial charge is 0.870 e. The Morgan fingerprint density at radius 1 is 0.573 bits per heavy atom. The average molecular weight is 1290 g/mol. The van der Waals surface area contributed by atoms with Crippen molar-refractivity contribution in [1.82, 2.24) is 29.9 Å². The average Bonchev–Trinajstić information content (AvgIpc) is 4.19. The second-order valence-corrected chi connectivity index (χ2v) is 24.2. The maximum absolute atomic E-state index is 12.3. The number of aromatic nitrogens is 6. The molecular weight excluding hydrogens is 1240 g/mol. The number of hydrogen-bond acceptors (Lipinski definition) is 16. The number of nitrogens with two attached hydrogens (primary N) is 1. The molecule has 9 aromatic rings. The Morgan fingerprint density at radius 3 is 1.34 bits per heavy atom. The van der Waals surface area contributed by atoms with Gasteiger partial charge in [0.1, 0.15) is 12.1 Å². The van der Waals surface area contributed by atoms with Crippen molar-refractivity contribution < 1.29 is 49.3 Å². The number of anilines is 5. The topological polar surface area (TPSA) is 242 Å². The van der Waals surface area contributed by atoms with Crippen LogP contribution in [0.4, 0.5) is 31.2 Å². The van der Waals surface area contributed by atoms with E-state index in [9.17, 15) is 19.6 Å². The molecule has 0 bridgehead atoms. The summed E-state index contributed by atoms with van der Waals surface area (Å²) in [4.78, 5) is 40.1. The molecule has 9 rings (SSSR count). The number of halogens is 7. The van der Waals surface area contributed by atoms with Gasteiger partial charge in [0.25, 0.3) is 0 Å². The van der Waals surface area contributed by atoms with Gasteiger partial charge in [-0.15, -0.1) is 34.0 Å². The SMILES string of the molecule is CC(C)Cc1sc(N)nc1-c1ccc(Cl)c(Cl)c1.CC(C)Cc1sc(Nc2cccnc2C#N)nc1-c1ccc(Cl)c(Cl)c1.CC(C)Cc1sc(Nc2cccnc2C(=O)O)nc1-c1ccc(Cl)c(Cl)c1.N#Cc1ncccc1F.[Na+].[OH-]. The van der Waals surface area contributed by atoms with Crippen LogP contribution in [0.3, 0.4) is 0 Å². The summed E-state index contributed by atoms with van der Waals surface area (Å²) in [6.45, 7) is 13.0. The molecule has 0 aliphatic rings. The van der Waals surface area contributed by atoms with Gasteiger partial charge in [-0.25, -0.2) is 39.1 Å². The van der Waals surface area contributed by atoms with E-state index in [0.29, 0.717) is 80.4 Å². The first kappa shape index (κ1) is 69.0. The van der Waals surface area contributed by atoms with E-state index in [4.69, 9.17) is 85.6 Å². The van der Waals surface area contributed by atoms with E-state index in [1.165, 1.54) is 52.1 Å². The van der Waals surface area contributed by atoms with Crippen LogP contribution in [-0.4, -0.2) is 46.5 Å². The van der Waals surface area contributed by atoms with Gasteiger partial charge in [0.15, 0.2) is 38.3 Å². The van der Waals surface area contributed by atoms with Crippen molar-refractivity contribution in [3.8, 4) is 45.9 Å². The Bertz CT molecular complexity index is 3700. The second kappa shape index (κ2) is 33.1. The van der Waals surface area contributed by atoms with Gasteiger partial charge in [-0.2, -0.15) is 10.5 Å². The third-order valence-corrected chi connectivity index (χ3v) is 15.9. The Labute approximate surface area is 539 Å². The predicted molar refractivity (Wildman–Crippen MR) is 330 cm³/mol. The second-order valence-electron chi connectivity index (χ2n) is 18.5. The first-order chi connectivity index (χ1) is 38.1. The molecular formula is C57H51Cl6FN11NaO3S3. The predicted octanol–water partition coefficient (Wildman–Crippen LogP) is 15.3. The van der Waals surface area contributed by atoms with Crippen molar-refractivity contribution >= 4 is 136 Å². The van der Waals surface area contributed by atoms with E-state index in [-0.39, 0.29) is 46.4 Å². The fraction of sp³-hybridized carbons (Fsp3) is 0.211. The molecule has 0 fully saturated rings. The number of carboxylic acids is 1. The molecule has 0 amide bonds. The molecule has 0 spiro atoms. The van der Waals surface area contributed by atoms with Crippen molar-refractivity contribution in [2.45, 2.75) is 60.8 Å².